The zero-order chi connectivity index (χ0) is 15.4. The summed E-state index contributed by atoms with van der Waals surface area (Å²) < 4.78 is 5.72. The minimum Gasteiger partial charge on any atom is -0.465 e. The molecule has 0 aliphatic rings. The summed E-state index contributed by atoms with van der Waals surface area (Å²) in [6.07, 6.45) is 0. The lowest BCUT2D eigenvalue weighted by molar-refractivity contribution is 0.0602. The molecule has 2 aromatic rings. The lowest BCUT2D eigenvalue weighted by atomic mass is 10.1. The van der Waals surface area contributed by atoms with Gasteiger partial charge in [0.25, 0.3) is 0 Å². The van der Waals surface area contributed by atoms with Gasteiger partial charge < -0.3 is 10.1 Å². The molecular weight excluding hydrogens is 354 g/mol. The van der Waals surface area contributed by atoms with Crippen molar-refractivity contribution in [1.82, 2.24) is 0 Å². The molecule has 0 amide bonds. The number of anilines is 1. The molecule has 2 aromatic carbocycles. The van der Waals surface area contributed by atoms with Crippen LogP contribution >= 0.6 is 27.5 Å². The maximum Gasteiger partial charge on any atom is 0.339 e. The average Bonchev–Trinajstić information content (AvgIpc) is 2.46. The van der Waals surface area contributed by atoms with E-state index in [9.17, 15) is 4.79 Å². The molecule has 0 aromatic heterocycles. The van der Waals surface area contributed by atoms with Crippen LogP contribution in [0.25, 0.3) is 0 Å². The first-order valence-electron chi connectivity index (χ1n) is 6.41. The number of methoxy groups -OCH3 is 1. The zero-order valence-corrected chi connectivity index (χ0v) is 14.0. The molecule has 2 rings (SSSR count). The topological polar surface area (TPSA) is 38.3 Å². The number of carbonyl (C=O) groups excluding carboxylic acids is 1. The summed E-state index contributed by atoms with van der Waals surface area (Å²) in [6.45, 7) is 1.99. The molecule has 0 radical (unpaired) electrons. The van der Waals surface area contributed by atoms with Gasteiger partial charge in [-0.15, -0.1) is 0 Å². The second-order valence-corrected chi connectivity index (χ2v) is 5.89. The van der Waals surface area contributed by atoms with E-state index in [1.165, 1.54) is 7.11 Å². The predicted molar refractivity (Wildman–Crippen MR) is 89.0 cm³/mol. The summed E-state index contributed by atoms with van der Waals surface area (Å²) in [5.74, 6) is -0.368. The van der Waals surface area contributed by atoms with Crippen LogP contribution < -0.4 is 5.32 Å². The van der Waals surface area contributed by atoms with Crippen molar-refractivity contribution in [1.29, 1.82) is 0 Å². The number of ether oxygens (including phenoxy) is 1. The Hall–Kier alpha value is -1.52. The molecule has 0 heterocycles. The van der Waals surface area contributed by atoms with Crippen molar-refractivity contribution in [3.63, 3.8) is 0 Å². The molecule has 0 spiro atoms. The monoisotopic (exact) mass is 367 g/mol. The maximum atomic E-state index is 11.8. The molecule has 0 saturated carbocycles. The van der Waals surface area contributed by atoms with Crippen LogP contribution in [0.3, 0.4) is 0 Å². The van der Waals surface area contributed by atoms with E-state index in [1.807, 2.05) is 37.3 Å². The van der Waals surface area contributed by atoms with Gasteiger partial charge in [0.15, 0.2) is 0 Å². The fraction of sp³-hybridized carbons (Fsp3) is 0.188. The highest BCUT2D eigenvalue weighted by atomic mass is 79.9. The Morgan fingerprint density at radius 1 is 1.29 bits per heavy atom. The Morgan fingerprint density at radius 2 is 2.00 bits per heavy atom. The standard InChI is InChI=1S/C16H15BrClNO2/c1-10(12-8-7-11(17)9-14(12)18)19-15-6-4-3-5-13(15)16(20)21-2/h3-10,19H,1-2H3. The van der Waals surface area contributed by atoms with Gasteiger partial charge in [0, 0.05) is 15.2 Å². The van der Waals surface area contributed by atoms with Gasteiger partial charge in [-0.3, -0.25) is 0 Å². The lowest BCUT2D eigenvalue weighted by Crippen LogP contribution is -2.12. The third-order valence-electron chi connectivity index (χ3n) is 3.13. The van der Waals surface area contributed by atoms with Gasteiger partial charge in [-0.1, -0.05) is 45.7 Å². The van der Waals surface area contributed by atoms with Crippen molar-refractivity contribution in [2.24, 2.45) is 0 Å². The van der Waals surface area contributed by atoms with Gasteiger partial charge >= 0.3 is 5.97 Å². The number of esters is 1. The second-order valence-electron chi connectivity index (χ2n) is 4.57. The van der Waals surface area contributed by atoms with Gasteiger partial charge in [-0.25, -0.2) is 4.79 Å². The SMILES string of the molecule is COC(=O)c1ccccc1NC(C)c1ccc(Br)cc1Cl. The first-order valence-corrected chi connectivity index (χ1v) is 7.59. The van der Waals surface area contributed by atoms with Crippen molar-refractivity contribution >= 4 is 39.2 Å². The Morgan fingerprint density at radius 3 is 2.67 bits per heavy atom. The summed E-state index contributed by atoms with van der Waals surface area (Å²) in [6, 6.07) is 12.9. The van der Waals surface area contributed by atoms with Crippen LogP contribution in [0.2, 0.25) is 5.02 Å². The highest BCUT2D eigenvalue weighted by Crippen LogP contribution is 2.29. The van der Waals surface area contributed by atoms with Crippen LogP contribution in [-0.4, -0.2) is 13.1 Å². The molecule has 1 N–H and O–H groups in total. The summed E-state index contributed by atoms with van der Waals surface area (Å²) in [5, 5.41) is 3.97. The van der Waals surface area contributed by atoms with Gasteiger partial charge in [-0.05, 0) is 36.8 Å². The minimum atomic E-state index is -0.368. The maximum absolute atomic E-state index is 11.8. The smallest absolute Gasteiger partial charge is 0.339 e. The van der Waals surface area contributed by atoms with Gasteiger partial charge in [0.1, 0.15) is 0 Å². The molecule has 0 saturated heterocycles. The van der Waals surface area contributed by atoms with Gasteiger partial charge in [-0.2, -0.15) is 0 Å². The van der Waals surface area contributed by atoms with E-state index in [-0.39, 0.29) is 12.0 Å². The molecule has 3 nitrogen and oxygen atoms in total. The molecule has 1 atom stereocenters. The van der Waals surface area contributed by atoms with Gasteiger partial charge in [0.2, 0.25) is 0 Å². The van der Waals surface area contributed by atoms with Crippen molar-refractivity contribution in [3.05, 3.63) is 63.1 Å². The highest BCUT2D eigenvalue weighted by Gasteiger charge is 2.15. The average molecular weight is 369 g/mol. The number of carbonyl (C=O) groups is 1. The van der Waals surface area contributed by atoms with Crippen molar-refractivity contribution in [2.45, 2.75) is 13.0 Å². The fourth-order valence-electron chi connectivity index (χ4n) is 2.06. The number of para-hydroxylation sites is 1. The summed E-state index contributed by atoms with van der Waals surface area (Å²) in [5.41, 5.74) is 2.18. The normalized spacial score (nSPS) is 11.8. The zero-order valence-electron chi connectivity index (χ0n) is 11.7. The third-order valence-corrected chi connectivity index (χ3v) is 3.95. The van der Waals surface area contributed by atoms with E-state index in [1.54, 1.807) is 12.1 Å². The van der Waals surface area contributed by atoms with Crippen molar-refractivity contribution in [2.75, 3.05) is 12.4 Å². The van der Waals surface area contributed by atoms with Crippen LogP contribution in [0.4, 0.5) is 5.69 Å². The quantitative estimate of drug-likeness (QED) is 0.766. The molecule has 1 unspecified atom stereocenters. The van der Waals surface area contributed by atoms with E-state index >= 15 is 0 Å². The Kier molecular flexibility index (Phi) is 5.26. The van der Waals surface area contributed by atoms with E-state index in [4.69, 9.17) is 16.3 Å². The number of nitrogens with one attached hydrogen (secondary N) is 1. The molecule has 110 valence electrons. The summed E-state index contributed by atoms with van der Waals surface area (Å²) in [4.78, 5) is 11.8. The molecule has 0 bridgehead atoms. The van der Waals surface area contributed by atoms with Crippen molar-refractivity contribution < 1.29 is 9.53 Å². The Labute approximate surface area is 137 Å². The van der Waals surface area contributed by atoms with Crippen molar-refractivity contribution in [3.8, 4) is 0 Å². The molecule has 0 aliphatic carbocycles. The summed E-state index contributed by atoms with van der Waals surface area (Å²) >= 11 is 9.64. The first-order chi connectivity index (χ1) is 10.0. The number of halogens is 2. The van der Waals surface area contributed by atoms with Crippen LogP contribution in [0.5, 0.6) is 0 Å². The number of rotatable bonds is 4. The molecule has 0 aliphatic heterocycles. The van der Waals surface area contributed by atoms with Crippen LogP contribution in [0, 0.1) is 0 Å². The van der Waals surface area contributed by atoms with E-state index in [0.29, 0.717) is 10.6 Å². The van der Waals surface area contributed by atoms with Crippen LogP contribution in [-0.2, 0) is 4.74 Å². The van der Waals surface area contributed by atoms with E-state index in [2.05, 4.69) is 21.2 Å². The third kappa shape index (κ3) is 3.77. The predicted octanol–water partition coefficient (Wildman–Crippen LogP) is 5.06. The molecule has 0 fully saturated rings. The molecule has 5 heteroatoms. The lowest BCUT2D eigenvalue weighted by Gasteiger charge is -2.19. The van der Waals surface area contributed by atoms with E-state index in [0.717, 1.165) is 15.7 Å². The number of hydrogen-bond acceptors (Lipinski definition) is 3. The first kappa shape index (κ1) is 15.9. The minimum absolute atomic E-state index is 0.0450. The van der Waals surface area contributed by atoms with Crippen LogP contribution in [0.15, 0.2) is 46.9 Å². The van der Waals surface area contributed by atoms with Crippen LogP contribution in [0.1, 0.15) is 28.9 Å². The molecular formula is C16H15BrClNO2. The Balaban J connectivity index is 2.27. The van der Waals surface area contributed by atoms with Gasteiger partial charge in [0.05, 0.1) is 18.7 Å². The Bertz CT molecular complexity index is 660. The second kappa shape index (κ2) is 6.96. The largest absolute Gasteiger partial charge is 0.465 e. The summed E-state index contributed by atoms with van der Waals surface area (Å²) in [7, 11) is 1.37. The highest BCUT2D eigenvalue weighted by molar-refractivity contribution is 9.10. The number of hydrogen-bond donors (Lipinski definition) is 1. The number of benzene rings is 2. The fourth-order valence-corrected chi connectivity index (χ4v) is 2.90. The molecule has 21 heavy (non-hydrogen) atoms. The van der Waals surface area contributed by atoms with E-state index < -0.39 is 0 Å².